The third-order valence-electron chi connectivity index (χ3n) is 3.98. The lowest BCUT2D eigenvalue weighted by molar-refractivity contribution is -0.127. The molecule has 0 spiro atoms. The number of pyridine rings is 1. The van der Waals surface area contributed by atoms with Gasteiger partial charge in [-0.1, -0.05) is 18.2 Å². The molecule has 11 heteroatoms. The SMILES string of the molecule is CN(C)C(=O)CNC(=NCc1ccc(S(N)(=O)=O)cc1)NCCc1ccccn1.I. The Kier molecular flexibility index (Phi) is 10.7. The van der Waals surface area contributed by atoms with Crippen molar-refractivity contribution in [1.82, 2.24) is 20.5 Å². The molecule has 1 aromatic carbocycles. The van der Waals surface area contributed by atoms with E-state index in [4.69, 9.17) is 5.14 Å². The van der Waals surface area contributed by atoms with Gasteiger partial charge in [0.2, 0.25) is 15.9 Å². The number of likely N-dealkylation sites (N-methyl/N-ethyl adjacent to an activating group) is 1. The van der Waals surface area contributed by atoms with Crippen molar-refractivity contribution < 1.29 is 13.2 Å². The summed E-state index contributed by atoms with van der Waals surface area (Å²) in [7, 11) is -0.358. The van der Waals surface area contributed by atoms with Crippen LogP contribution in [0.3, 0.4) is 0 Å². The fraction of sp³-hybridized carbons (Fsp3) is 0.316. The van der Waals surface area contributed by atoms with Crippen molar-refractivity contribution >= 4 is 45.9 Å². The summed E-state index contributed by atoms with van der Waals surface area (Å²) in [6, 6.07) is 11.9. The van der Waals surface area contributed by atoms with Gasteiger partial charge in [0.05, 0.1) is 18.0 Å². The van der Waals surface area contributed by atoms with E-state index in [2.05, 4.69) is 20.6 Å². The van der Waals surface area contributed by atoms with Gasteiger partial charge in [0, 0.05) is 39.0 Å². The monoisotopic (exact) mass is 546 g/mol. The lowest BCUT2D eigenvalue weighted by Crippen LogP contribution is -2.43. The summed E-state index contributed by atoms with van der Waals surface area (Å²) in [6.45, 7) is 0.996. The van der Waals surface area contributed by atoms with Gasteiger partial charge in [0.15, 0.2) is 5.96 Å². The number of amides is 1. The smallest absolute Gasteiger partial charge is 0.241 e. The Bertz CT molecular complexity index is 935. The Balaban J connectivity index is 0.00000450. The fourth-order valence-electron chi connectivity index (χ4n) is 2.30. The topological polar surface area (TPSA) is 130 Å². The van der Waals surface area contributed by atoms with E-state index in [1.807, 2.05) is 18.2 Å². The second-order valence-corrected chi connectivity index (χ2v) is 8.05. The highest BCUT2D eigenvalue weighted by molar-refractivity contribution is 14.0. The Hall–Kier alpha value is -2.25. The van der Waals surface area contributed by atoms with E-state index in [0.29, 0.717) is 25.5 Å². The van der Waals surface area contributed by atoms with E-state index in [9.17, 15) is 13.2 Å². The quantitative estimate of drug-likeness (QED) is 0.254. The van der Waals surface area contributed by atoms with Crippen LogP contribution in [0.2, 0.25) is 0 Å². The molecule has 1 heterocycles. The highest BCUT2D eigenvalue weighted by atomic mass is 127. The molecular weight excluding hydrogens is 519 g/mol. The highest BCUT2D eigenvalue weighted by Gasteiger charge is 2.08. The first-order valence-corrected chi connectivity index (χ1v) is 10.5. The zero-order valence-electron chi connectivity index (χ0n) is 16.9. The number of nitrogens with one attached hydrogen (secondary N) is 2. The van der Waals surface area contributed by atoms with E-state index < -0.39 is 10.0 Å². The molecule has 2 rings (SSSR count). The number of hydrogen-bond donors (Lipinski definition) is 3. The van der Waals surface area contributed by atoms with Gasteiger partial charge in [-0.05, 0) is 29.8 Å². The lowest BCUT2D eigenvalue weighted by Gasteiger charge is -2.15. The van der Waals surface area contributed by atoms with Gasteiger partial charge in [-0.15, -0.1) is 24.0 Å². The number of carbonyl (C=O) groups is 1. The minimum absolute atomic E-state index is 0. The van der Waals surface area contributed by atoms with Gasteiger partial charge in [-0.2, -0.15) is 0 Å². The summed E-state index contributed by atoms with van der Waals surface area (Å²) in [5, 5.41) is 11.3. The van der Waals surface area contributed by atoms with Crippen LogP contribution in [-0.2, 0) is 27.8 Å². The van der Waals surface area contributed by atoms with Crippen molar-refractivity contribution in [2.45, 2.75) is 17.9 Å². The zero-order chi connectivity index (χ0) is 21.3. The summed E-state index contributed by atoms with van der Waals surface area (Å²) in [5.41, 5.74) is 1.75. The highest BCUT2D eigenvalue weighted by Crippen LogP contribution is 2.09. The Labute approximate surface area is 194 Å². The molecule has 0 aliphatic rings. The fourth-order valence-corrected chi connectivity index (χ4v) is 2.82. The van der Waals surface area contributed by atoms with E-state index >= 15 is 0 Å². The predicted molar refractivity (Wildman–Crippen MR) is 127 cm³/mol. The van der Waals surface area contributed by atoms with Crippen LogP contribution >= 0.6 is 24.0 Å². The van der Waals surface area contributed by atoms with Gasteiger partial charge < -0.3 is 15.5 Å². The number of nitrogens with zero attached hydrogens (tertiary/aromatic N) is 3. The number of carbonyl (C=O) groups excluding carboxylic acids is 1. The van der Waals surface area contributed by atoms with Gasteiger partial charge in [-0.3, -0.25) is 9.78 Å². The first-order valence-electron chi connectivity index (χ1n) is 8.99. The largest absolute Gasteiger partial charge is 0.356 e. The molecule has 164 valence electrons. The predicted octanol–water partition coefficient (Wildman–Crippen LogP) is 0.713. The van der Waals surface area contributed by atoms with Crippen LogP contribution in [0.25, 0.3) is 0 Å². The summed E-state index contributed by atoms with van der Waals surface area (Å²) in [6.07, 6.45) is 2.44. The molecule has 2 aromatic rings. The van der Waals surface area contributed by atoms with Crippen LogP contribution in [-0.4, -0.2) is 57.4 Å². The molecule has 0 atom stereocenters. The first-order chi connectivity index (χ1) is 13.8. The normalized spacial score (nSPS) is 11.4. The zero-order valence-corrected chi connectivity index (χ0v) is 20.1. The molecule has 0 radical (unpaired) electrons. The van der Waals surface area contributed by atoms with Crippen molar-refractivity contribution in [3.8, 4) is 0 Å². The Morgan fingerprint density at radius 1 is 1.13 bits per heavy atom. The number of hydrogen-bond acceptors (Lipinski definition) is 5. The van der Waals surface area contributed by atoms with Crippen molar-refractivity contribution in [3.63, 3.8) is 0 Å². The second-order valence-electron chi connectivity index (χ2n) is 6.49. The van der Waals surface area contributed by atoms with E-state index in [-0.39, 0.29) is 41.3 Å². The third-order valence-corrected chi connectivity index (χ3v) is 4.91. The van der Waals surface area contributed by atoms with E-state index in [1.54, 1.807) is 32.4 Å². The van der Waals surface area contributed by atoms with E-state index in [0.717, 1.165) is 11.3 Å². The first kappa shape index (κ1) is 25.8. The maximum atomic E-state index is 11.9. The summed E-state index contributed by atoms with van der Waals surface area (Å²) >= 11 is 0. The van der Waals surface area contributed by atoms with Crippen LogP contribution < -0.4 is 15.8 Å². The number of primary sulfonamides is 1. The van der Waals surface area contributed by atoms with Crippen molar-refractivity contribution in [3.05, 3.63) is 59.9 Å². The summed E-state index contributed by atoms with van der Waals surface area (Å²) in [5.74, 6) is 0.397. The van der Waals surface area contributed by atoms with Crippen molar-refractivity contribution in [1.29, 1.82) is 0 Å². The van der Waals surface area contributed by atoms with Crippen LogP contribution in [0.1, 0.15) is 11.3 Å². The third kappa shape index (κ3) is 9.05. The standard InChI is InChI=1S/C19H26N6O3S.HI/c1-25(2)18(26)14-24-19(22-12-10-16-5-3-4-11-21-16)23-13-15-6-8-17(9-7-15)29(20,27)28;/h3-9,11H,10,12-14H2,1-2H3,(H2,20,27,28)(H2,22,23,24);1H. The minimum atomic E-state index is -3.72. The van der Waals surface area contributed by atoms with Gasteiger partial charge in [0.25, 0.3) is 0 Å². The lowest BCUT2D eigenvalue weighted by atomic mass is 10.2. The summed E-state index contributed by atoms with van der Waals surface area (Å²) < 4.78 is 22.7. The van der Waals surface area contributed by atoms with Gasteiger partial charge in [-0.25, -0.2) is 18.5 Å². The molecule has 1 aromatic heterocycles. The Morgan fingerprint density at radius 3 is 2.40 bits per heavy atom. The maximum absolute atomic E-state index is 11.9. The average Bonchev–Trinajstić information content (AvgIpc) is 2.69. The molecule has 9 nitrogen and oxygen atoms in total. The minimum Gasteiger partial charge on any atom is -0.356 e. The van der Waals surface area contributed by atoms with Crippen molar-refractivity contribution in [2.24, 2.45) is 10.1 Å². The molecule has 0 saturated carbocycles. The van der Waals surface area contributed by atoms with Gasteiger partial charge in [0.1, 0.15) is 0 Å². The molecule has 0 saturated heterocycles. The number of guanidine groups is 1. The molecular formula is C19H27IN6O3S. The Morgan fingerprint density at radius 2 is 1.83 bits per heavy atom. The molecule has 0 bridgehead atoms. The number of sulfonamides is 1. The summed E-state index contributed by atoms with van der Waals surface area (Å²) in [4.78, 5) is 22.1. The molecule has 4 N–H and O–H groups in total. The number of benzene rings is 1. The van der Waals surface area contributed by atoms with Crippen LogP contribution in [0.5, 0.6) is 0 Å². The van der Waals surface area contributed by atoms with Crippen LogP contribution in [0.4, 0.5) is 0 Å². The van der Waals surface area contributed by atoms with E-state index in [1.165, 1.54) is 17.0 Å². The number of rotatable bonds is 8. The molecule has 0 unspecified atom stereocenters. The molecule has 0 aliphatic carbocycles. The number of aliphatic imine (C=N–C) groups is 1. The van der Waals surface area contributed by atoms with Gasteiger partial charge >= 0.3 is 0 Å². The molecule has 30 heavy (non-hydrogen) atoms. The molecule has 1 amide bonds. The van der Waals surface area contributed by atoms with Crippen LogP contribution in [0, 0.1) is 0 Å². The van der Waals surface area contributed by atoms with Crippen LogP contribution in [0.15, 0.2) is 58.5 Å². The second kappa shape index (κ2) is 12.4. The number of nitrogens with two attached hydrogens (primary N) is 1. The number of halogens is 1. The van der Waals surface area contributed by atoms with Crippen molar-refractivity contribution in [2.75, 3.05) is 27.2 Å². The number of aromatic nitrogens is 1. The maximum Gasteiger partial charge on any atom is 0.241 e. The molecule has 0 aliphatic heterocycles. The molecule has 0 fully saturated rings. The average molecular weight is 546 g/mol.